The number of amides is 2. The van der Waals surface area contributed by atoms with Crippen LogP contribution in [0.5, 0.6) is 5.75 Å². The largest absolute Gasteiger partial charge is 0.506 e. The van der Waals surface area contributed by atoms with Gasteiger partial charge < -0.3 is 39.8 Å². The highest BCUT2D eigenvalue weighted by molar-refractivity contribution is 5.91. The number of pyridine rings is 1. The van der Waals surface area contributed by atoms with Gasteiger partial charge in [0.2, 0.25) is 11.5 Å². The third-order valence-electron chi connectivity index (χ3n) is 11.7. The highest BCUT2D eigenvalue weighted by Gasteiger charge is 2.42. The Hall–Kier alpha value is -5.53. The second-order valence-electron chi connectivity index (χ2n) is 15.8. The van der Waals surface area contributed by atoms with E-state index in [1.807, 2.05) is 54.6 Å². The fourth-order valence-corrected chi connectivity index (χ4v) is 8.44. The number of hydrogen-bond acceptors (Lipinski definition) is 9. The summed E-state index contributed by atoms with van der Waals surface area (Å²) < 4.78 is 11.7. The van der Waals surface area contributed by atoms with Crippen molar-refractivity contribution in [3.63, 3.8) is 0 Å². The van der Waals surface area contributed by atoms with Crippen molar-refractivity contribution < 1.29 is 29.3 Å². The standard InChI is InChI=1S/C47H55N5O7/c1-51(24-22-48-29-43(54)39-15-17-42(53)46-40(39)16-18-44(55)50-46)45(56)21-26-58-25-20-33-13-11-32(12-14-33)19-23-52-30-35-27-37(28-36(35)31-52)59-47(57)49-41-10-6-5-9-38(41)34-7-3-2-4-8-34/h2-18,35-37,43,48,53-54H,19-31H2,1H3,(H,49,57)(H,50,55)/t35-,36+,37+,43-/m0/s1. The predicted octanol–water partition coefficient (Wildman–Crippen LogP) is 6.13. The number of likely N-dealkylation sites (N-methyl/N-ethyl adjacent to an activating group) is 1. The quantitative estimate of drug-likeness (QED) is 0.0658. The molecule has 5 aromatic rings. The molecule has 0 spiro atoms. The van der Waals surface area contributed by atoms with Crippen LogP contribution in [0.15, 0.2) is 108 Å². The monoisotopic (exact) mass is 801 g/mol. The lowest BCUT2D eigenvalue weighted by Gasteiger charge is -2.20. The van der Waals surface area contributed by atoms with Crippen LogP contribution in [-0.2, 0) is 27.1 Å². The van der Waals surface area contributed by atoms with Crippen molar-refractivity contribution in [1.82, 2.24) is 20.1 Å². The summed E-state index contributed by atoms with van der Waals surface area (Å²) in [5.41, 5.74) is 5.84. The van der Waals surface area contributed by atoms with Gasteiger partial charge in [0.15, 0.2) is 0 Å². The van der Waals surface area contributed by atoms with E-state index in [-0.39, 0.29) is 36.0 Å². The number of phenols is 1. The average molecular weight is 802 g/mol. The maximum Gasteiger partial charge on any atom is 0.411 e. The first-order valence-electron chi connectivity index (χ1n) is 20.7. The van der Waals surface area contributed by atoms with Crippen molar-refractivity contribution >= 4 is 28.6 Å². The number of nitrogens with one attached hydrogen (secondary N) is 3. The Morgan fingerprint density at radius 3 is 2.36 bits per heavy atom. The number of carbonyl (C=O) groups is 2. The lowest BCUT2D eigenvalue weighted by molar-refractivity contribution is -0.131. The minimum atomic E-state index is -0.861. The highest BCUT2D eigenvalue weighted by atomic mass is 16.6. The molecular weight excluding hydrogens is 747 g/mol. The van der Waals surface area contributed by atoms with Gasteiger partial charge in [-0.1, -0.05) is 78.9 Å². The molecule has 5 N–H and O–H groups in total. The van der Waals surface area contributed by atoms with Crippen LogP contribution in [-0.4, -0.2) is 103 Å². The topological polar surface area (TPSA) is 156 Å². The van der Waals surface area contributed by atoms with E-state index in [1.165, 1.54) is 23.3 Å². The van der Waals surface area contributed by atoms with Crippen molar-refractivity contribution in [2.24, 2.45) is 11.8 Å². The van der Waals surface area contributed by atoms with Gasteiger partial charge in [0.1, 0.15) is 11.9 Å². The number of para-hydroxylation sites is 1. The zero-order chi connectivity index (χ0) is 41.1. The van der Waals surface area contributed by atoms with Crippen molar-refractivity contribution in [2.75, 3.05) is 64.8 Å². The number of aromatic nitrogens is 1. The summed E-state index contributed by atoms with van der Waals surface area (Å²) in [6, 6.07) is 32.6. The molecule has 0 radical (unpaired) electrons. The van der Waals surface area contributed by atoms with Crippen LogP contribution in [0.1, 0.15) is 42.1 Å². The Bertz CT molecular complexity index is 2220. The van der Waals surface area contributed by atoms with Crippen LogP contribution >= 0.6 is 0 Å². The predicted molar refractivity (Wildman–Crippen MR) is 229 cm³/mol. The molecule has 0 bridgehead atoms. The van der Waals surface area contributed by atoms with Gasteiger partial charge in [0, 0.05) is 63.3 Å². The summed E-state index contributed by atoms with van der Waals surface area (Å²) in [4.78, 5) is 44.0. The number of ether oxygens (including phenoxy) is 2. The molecule has 0 unspecified atom stereocenters. The number of aliphatic hydroxyl groups excluding tert-OH is 1. The summed E-state index contributed by atoms with van der Waals surface area (Å²) in [6.45, 7) is 5.21. The zero-order valence-electron chi connectivity index (χ0n) is 33.6. The number of likely N-dealkylation sites (tertiary alicyclic amines) is 1. The molecule has 2 heterocycles. The van der Waals surface area contributed by atoms with Crippen molar-refractivity contribution in [3.05, 3.63) is 130 Å². The summed E-state index contributed by atoms with van der Waals surface area (Å²) in [5, 5.41) is 27.6. The molecule has 2 amide bonds. The number of aromatic amines is 1. The van der Waals surface area contributed by atoms with Crippen LogP contribution < -0.4 is 16.2 Å². The van der Waals surface area contributed by atoms with Crippen LogP contribution in [0.25, 0.3) is 22.0 Å². The normalized spacial score (nSPS) is 18.1. The summed E-state index contributed by atoms with van der Waals surface area (Å²) in [5.74, 6) is 1.05. The molecule has 12 nitrogen and oxygen atoms in total. The first kappa shape index (κ1) is 41.6. The van der Waals surface area contributed by atoms with E-state index >= 15 is 0 Å². The molecule has 7 rings (SSSR count). The molecule has 2 aliphatic rings. The first-order valence-corrected chi connectivity index (χ1v) is 20.7. The number of fused-ring (bicyclic) bond motifs is 2. The second-order valence-corrected chi connectivity index (χ2v) is 15.8. The highest BCUT2D eigenvalue weighted by Crippen LogP contribution is 2.40. The van der Waals surface area contributed by atoms with Gasteiger partial charge in [-0.25, -0.2) is 4.79 Å². The summed E-state index contributed by atoms with van der Waals surface area (Å²) in [7, 11) is 1.75. The number of rotatable bonds is 18. The second kappa shape index (κ2) is 20.0. The molecular formula is C47H55N5O7. The van der Waals surface area contributed by atoms with Gasteiger partial charge >= 0.3 is 6.09 Å². The number of nitrogens with zero attached hydrogens (tertiary/aromatic N) is 2. The van der Waals surface area contributed by atoms with E-state index in [1.54, 1.807) is 24.1 Å². The molecule has 1 aliphatic heterocycles. The first-order chi connectivity index (χ1) is 28.7. The number of benzene rings is 4. The molecule has 1 aromatic heterocycles. The fourth-order valence-electron chi connectivity index (χ4n) is 8.44. The Morgan fingerprint density at radius 2 is 1.59 bits per heavy atom. The number of hydrogen-bond donors (Lipinski definition) is 5. The van der Waals surface area contributed by atoms with E-state index in [0.717, 1.165) is 62.1 Å². The number of H-pyrrole nitrogens is 1. The van der Waals surface area contributed by atoms with E-state index in [4.69, 9.17) is 9.47 Å². The van der Waals surface area contributed by atoms with Gasteiger partial charge in [-0.3, -0.25) is 14.9 Å². The molecule has 59 heavy (non-hydrogen) atoms. The molecule has 4 atom stereocenters. The van der Waals surface area contributed by atoms with Gasteiger partial charge in [-0.15, -0.1) is 0 Å². The van der Waals surface area contributed by atoms with E-state index < -0.39 is 6.10 Å². The van der Waals surface area contributed by atoms with Crippen molar-refractivity contribution in [2.45, 2.75) is 44.3 Å². The smallest absolute Gasteiger partial charge is 0.411 e. The Morgan fingerprint density at radius 1 is 0.881 bits per heavy atom. The lowest BCUT2D eigenvalue weighted by atomic mass is 10.0. The van der Waals surface area contributed by atoms with E-state index in [2.05, 4.69) is 44.8 Å². The zero-order valence-corrected chi connectivity index (χ0v) is 33.6. The Balaban J connectivity index is 0.730. The molecule has 4 aromatic carbocycles. The maximum atomic E-state index is 12.9. The van der Waals surface area contributed by atoms with Gasteiger partial charge in [0.25, 0.3) is 0 Å². The minimum absolute atomic E-state index is 0.0102. The maximum absolute atomic E-state index is 12.9. The van der Waals surface area contributed by atoms with E-state index in [0.29, 0.717) is 61.0 Å². The van der Waals surface area contributed by atoms with Crippen LogP contribution in [0.2, 0.25) is 0 Å². The molecule has 1 saturated heterocycles. The molecule has 1 aliphatic carbocycles. The van der Waals surface area contributed by atoms with Crippen LogP contribution in [0, 0.1) is 11.8 Å². The fraction of sp³-hybridized carbons (Fsp3) is 0.383. The number of phenolic OH excluding ortho intramolecular Hbond substituents is 1. The van der Waals surface area contributed by atoms with Crippen molar-refractivity contribution in [3.8, 4) is 16.9 Å². The van der Waals surface area contributed by atoms with Gasteiger partial charge in [-0.05, 0) is 78.0 Å². The van der Waals surface area contributed by atoms with E-state index in [9.17, 15) is 24.6 Å². The van der Waals surface area contributed by atoms with Crippen LogP contribution in [0.3, 0.4) is 0 Å². The van der Waals surface area contributed by atoms with Gasteiger partial charge in [-0.2, -0.15) is 0 Å². The average Bonchev–Trinajstić information content (AvgIpc) is 3.80. The molecule has 310 valence electrons. The Labute approximate surface area is 345 Å². The summed E-state index contributed by atoms with van der Waals surface area (Å²) >= 11 is 0. The number of anilines is 1. The lowest BCUT2D eigenvalue weighted by Crippen LogP contribution is -2.35. The molecule has 12 heteroatoms. The van der Waals surface area contributed by atoms with Crippen LogP contribution in [0.4, 0.5) is 10.5 Å². The van der Waals surface area contributed by atoms with Crippen molar-refractivity contribution in [1.29, 1.82) is 0 Å². The number of aromatic hydroxyl groups is 1. The third kappa shape index (κ3) is 11.2. The van der Waals surface area contributed by atoms with Gasteiger partial charge in [0.05, 0.1) is 36.9 Å². The Kier molecular flexibility index (Phi) is 14.1. The summed E-state index contributed by atoms with van der Waals surface area (Å²) in [6.07, 6.45) is 2.59. The number of carbonyl (C=O) groups excluding carboxylic acids is 2. The molecule has 2 fully saturated rings. The third-order valence-corrected chi connectivity index (χ3v) is 11.7. The SMILES string of the molecule is CN(CCNC[C@H](O)c1ccc(O)c2[nH]c(=O)ccc12)C(=O)CCOCCc1ccc(CCN2C[C@H]3C[C@H](OC(=O)Nc4ccccc4-c4ccccc4)C[C@H]3C2)cc1. The molecule has 1 saturated carbocycles. The minimum Gasteiger partial charge on any atom is -0.506 e. The number of aliphatic hydroxyl groups is 1.